The monoisotopic (exact) mass is 668 g/mol. The van der Waals surface area contributed by atoms with Gasteiger partial charge in [0, 0.05) is 62.8 Å². The number of hydrogen-bond donors (Lipinski definition) is 2. The summed E-state index contributed by atoms with van der Waals surface area (Å²) < 4.78 is 24.5. The number of nitrogens with one attached hydrogen (secondary N) is 2. The summed E-state index contributed by atoms with van der Waals surface area (Å²) in [5, 5.41) is 7.07. The first-order valence-corrected chi connectivity index (χ1v) is 16.7. The number of benzene rings is 2. The number of carbonyl (C=O) groups is 3. The lowest BCUT2D eigenvalue weighted by Gasteiger charge is -2.25. The minimum atomic E-state index is -0.252. The molecule has 0 saturated carbocycles. The molecule has 2 N–H and O–H groups in total. The molecule has 1 atom stereocenters. The molecule has 13 heteroatoms. The van der Waals surface area contributed by atoms with E-state index in [9.17, 15) is 14.4 Å². The third-order valence-corrected chi connectivity index (χ3v) is 9.14. The molecule has 0 bridgehead atoms. The Morgan fingerprint density at radius 1 is 1.02 bits per heavy atom. The molecule has 3 aliphatic heterocycles. The van der Waals surface area contributed by atoms with E-state index >= 15 is 0 Å². The molecule has 256 valence electrons. The van der Waals surface area contributed by atoms with Gasteiger partial charge in [0.1, 0.15) is 11.3 Å². The Morgan fingerprint density at radius 2 is 1.88 bits per heavy atom. The molecule has 0 aliphatic carbocycles. The van der Waals surface area contributed by atoms with E-state index in [2.05, 4.69) is 15.6 Å². The summed E-state index contributed by atoms with van der Waals surface area (Å²) in [4.78, 5) is 47.3. The van der Waals surface area contributed by atoms with Crippen molar-refractivity contribution in [3.8, 4) is 11.5 Å². The molecule has 2 aromatic carbocycles. The molecule has 3 amide bonds. The van der Waals surface area contributed by atoms with Gasteiger partial charge < -0.3 is 43.6 Å². The Bertz CT molecular complexity index is 1910. The van der Waals surface area contributed by atoms with Gasteiger partial charge in [-0.25, -0.2) is 0 Å². The number of carbonyl (C=O) groups excluding carboxylic acids is 3. The number of hydrogen-bond acceptors (Lipinski definition) is 9. The molecule has 0 radical (unpaired) electrons. The highest BCUT2D eigenvalue weighted by Crippen LogP contribution is 2.38. The van der Waals surface area contributed by atoms with Gasteiger partial charge in [-0.2, -0.15) is 0 Å². The number of rotatable bonds is 11. The minimum Gasteiger partial charge on any atom is -0.493 e. The molecular weight excluding hydrogens is 628 g/mol. The van der Waals surface area contributed by atoms with Crippen molar-refractivity contribution in [2.75, 3.05) is 63.7 Å². The summed E-state index contributed by atoms with van der Waals surface area (Å²) in [6.45, 7) is 3.99. The average molecular weight is 669 g/mol. The highest BCUT2D eigenvalue weighted by Gasteiger charge is 2.32. The first kappa shape index (κ1) is 32.3. The number of fused-ring (bicyclic) bond motifs is 3. The van der Waals surface area contributed by atoms with E-state index in [4.69, 9.17) is 18.6 Å². The maximum atomic E-state index is 13.2. The first-order chi connectivity index (χ1) is 23.9. The SMILES string of the molecule is COc1cc2c(cc1OCCCCNc1cc(C(=O)Nc3ccc4oc(C(=O)N5CCOCC5)cc4c3)n(C)c1)N=C[C@@H]1CCCN1C2=O. The van der Waals surface area contributed by atoms with Crippen LogP contribution in [0.5, 0.6) is 11.5 Å². The number of unbranched alkanes of at least 4 members (excludes halogenated alkanes) is 1. The van der Waals surface area contributed by atoms with Crippen LogP contribution in [0.2, 0.25) is 0 Å². The second-order valence-electron chi connectivity index (χ2n) is 12.4. The van der Waals surface area contributed by atoms with E-state index in [1.165, 1.54) is 0 Å². The maximum absolute atomic E-state index is 13.2. The highest BCUT2D eigenvalue weighted by molar-refractivity contribution is 6.05. The van der Waals surface area contributed by atoms with Crippen LogP contribution < -0.4 is 20.1 Å². The molecule has 13 nitrogen and oxygen atoms in total. The molecule has 7 rings (SSSR count). The van der Waals surface area contributed by atoms with Crippen LogP contribution >= 0.6 is 0 Å². The van der Waals surface area contributed by atoms with Crippen LogP contribution in [-0.4, -0.2) is 97.5 Å². The van der Waals surface area contributed by atoms with Crippen molar-refractivity contribution in [2.24, 2.45) is 12.0 Å². The average Bonchev–Trinajstić information content (AvgIpc) is 3.85. The molecule has 2 fully saturated rings. The quantitative estimate of drug-likeness (QED) is 0.211. The van der Waals surface area contributed by atoms with Crippen LogP contribution in [0.4, 0.5) is 17.1 Å². The summed E-state index contributed by atoms with van der Waals surface area (Å²) in [7, 11) is 3.40. The molecule has 4 aromatic rings. The van der Waals surface area contributed by atoms with Gasteiger partial charge in [0.25, 0.3) is 17.7 Å². The van der Waals surface area contributed by atoms with Crippen molar-refractivity contribution >= 4 is 52.0 Å². The second-order valence-corrected chi connectivity index (χ2v) is 12.4. The van der Waals surface area contributed by atoms with Gasteiger partial charge in [-0.1, -0.05) is 0 Å². The van der Waals surface area contributed by atoms with E-state index in [1.807, 2.05) is 30.4 Å². The van der Waals surface area contributed by atoms with E-state index in [-0.39, 0.29) is 29.5 Å². The molecule has 49 heavy (non-hydrogen) atoms. The lowest BCUT2D eigenvalue weighted by molar-refractivity contribution is 0.0284. The number of nitrogens with zero attached hydrogens (tertiary/aromatic N) is 4. The van der Waals surface area contributed by atoms with Gasteiger partial charge in [0.2, 0.25) is 0 Å². The number of amides is 3. The Hall–Kier alpha value is -5.30. The first-order valence-electron chi connectivity index (χ1n) is 16.7. The molecule has 0 unspecified atom stereocenters. The van der Waals surface area contributed by atoms with Gasteiger partial charge in [-0.3, -0.25) is 19.4 Å². The lowest BCUT2D eigenvalue weighted by Crippen LogP contribution is -2.40. The predicted molar refractivity (Wildman–Crippen MR) is 185 cm³/mol. The van der Waals surface area contributed by atoms with E-state index in [1.54, 1.807) is 53.0 Å². The van der Waals surface area contributed by atoms with Gasteiger partial charge in [-0.15, -0.1) is 0 Å². The number of furan rings is 1. The van der Waals surface area contributed by atoms with Gasteiger partial charge in [0.05, 0.1) is 49.9 Å². The van der Waals surface area contributed by atoms with Gasteiger partial charge >= 0.3 is 0 Å². The number of aromatic nitrogens is 1. The van der Waals surface area contributed by atoms with E-state index in [0.717, 1.165) is 43.3 Å². The third kappa shape index (κ3) is 6.84. The van der Waals surface area contributed by atoms with Crippen molar-refractivity contribution in [2.45, 2.75) is 31.7 Å². The van der Waals surface area contributed by atoms with E-state index in [0.29, 0.717) is 79.2 Å². The number of methoxy groups -OCH3 is 1. The van der Waals surface area contributed by atoms with Crippen LogP contribution in [0.25, 0.3) is 11.0 Å². The molecule has 2 saturated heterocycles. The van der Waals surface area contributed by atoms with Crippen LogP contribution in [0.1, 0.15) is 57.1 Å². The Labute approximate surface area is 283 Å². The summed E-state index contributed by atoms with van der Waals surface area (Å²) in [5.74, 6) is 0.913. The molecule has 3 aliphatic rings. The predicted octanol–water partition coefficient (Wildman–Crippen LogP) is 5.10. The number of morpholine rings is 1. The van der Waals surface area contributed by atoms with Crippen LogP contribution in [-0.2, 0) is 11.8 Å². The topological polar surface area (TPSA) is 140 Å². The summed E-state index contributed by atoms with van der Waals surface area (Å²) >= 11 is 0. The van der Waals surface area contributed by atoms with Crippen LogP contribution in [0.3, 0.4) is 0 Å². The van der Waals surface area contributed by atoms with Gasteiger partial charge in [0.15, 0.2) is 17.3 Å². The fourth-order valence-electron chi connectivity index (χ4n) is 6.49. The number of aryl methyl sites for hydroxylation is 1. The van der Waals surface area contributed by atoms with E-state index < -0.39 is 0 Å². The fraction of sp³-hybridized carbons (Fsp3) is 0.389. The minimum absolute atomic E-state index is 0.0178. The second kappa shape index (κ2) is 14.0. The van der Waals surface area contributed by atoms with Crippen LogP contribution in [0.15, 0.2) is 58.1 Å². The number of anilines is 2. The Kier molecular flexibility index (Phi) is 9.25. The molecular formula is C36H40N6O7. The van der Waals surface area contributed by atoms with Crippen molar-refractivity contribution < 1.29 is 33.0 Å². The normalized spacial score (nSPS) is 17.1. The molecule has 0 spiro atoms. The smallest absolute Gasteiger partial charge is 0.289 e. The Balaban J connectivity index is 0.895. The van der Waals surface area contributed by atoms with Gasteiger partial charge in [-0.05, 0) is 62.1 Å². The van der Waals surface area contributed by atoms with Crippen molar-refractivity contribution in [1.82, 2.24) is 14.4 Å². The zero-order chi connectivity index (χ0) is 33.9. The lowest BCUT2D eigenvalue weighted by atomic mass is 10.1. The summed E-state index contributed by atoms with van der Waals surface area (Å²) in [5.41, 5.74) is 3.65. The fourth-order valence-corrected chi connectivity index (χ4v) is 6.49. The standard InChI is InChI=1S/C36H40N6O7/c1-40-22-25(18-29(40)34(43)39-24-7-8-30-23(16-24)17-33(49-30)36(45)41-11-14-47-15-12-41)37-9-3-4-13-48-32-20-28-27(19-31(32)46-2)35(44)42-10-5-6-26(42)21-38-28/h7-8,16-22,26,37H,3-6,9-15H2,1-2H3,(H,39,43)/t26-/m0/s1. The Morgan fingerprint density at radius 3 is 2.71 bits per heavy atom. The summed E-state index contributed by atoms with van der Waals surface area (Å²) in [6.07, 6.45) is 7.27. The molecule has 5 heterocycles. The largest absolute Gasteiger partial charge is 0.493 e. The zero-order valence-electron chi connectivity index (χ0n) is 27.7. The number of aliphatic imine (C=N–C) groups is 1. The summed E-state index contributed by atoms with van der Waals surface area (Å²) in [6, 6.07) is 12.4. The van der Waals surface area contributed by atoms with Crippen molar-refractivity contribution in [3.63, 3.8) is 0 Å². The maximum Gasteiger partial charge on any atom is 0.289 e. The van der Waals surface area contributed by atoms with Crippen molar-refractivity contribution in [1.29, 1.82) is 0 Å². The zero-order valence-corrected chi connectivity index (χ0v) is 27.7. The number of ether oxygens (including phenoxy) is 3. The van der Waals surface area contributed by atoms with Crippen LogP contribution in [0, 0.1) is 0 Å². The third-order valence-electron chi connectivity index (χ3n) is 9.14. The molecule has 2 aromatic heterocycles. The highest BCUT2D eigenvalue weighted by atomic mass is 16.5. The van der Waals surface area contributed by atoms with Crippen molar-refractivity contribution in [3.05, 3.63) is 65.7 Å².